The number of carbonyl (C=O) groups excluding carboxylic acids is 1. The van der Waals surface area contributed by atoms with E-state index in [4.69, 9.17) is 26.8 Å². The second kappa shape index (κ2) is 7.15. The Morgan fingerprint density at radius 2 is 2.08 bits per heavy atom. The van der Waals surface area contributed by atoms with Crippen molar-refractivity contribution in [1.82, 2.24) is 4.90 Å². The first-order chi connectivity index (χ1) is 11.2. The predicted octanol–water partition coefficient (Wildman–Crippen LogP) is 3.32. The smallest absolute Gasteiger partial charge is 0.410 e. The molecule has 5 nitrogen and oxygen atoms in total. The molecule has 0 bridgehead atoms. The summed E-state index contributed by atoms with van der Waals surface area (Å²) in [6, 6.07) is 1.55. The Morgan fingerprint density at radius 3 is 2.58 bits per heavy atom. The SMILES string of the molecule is COc1c(CCN)cc(Cl)c(F)c1C1CN(C(=O)OC(C)(C)C)C1. The van der Waals surface area contributed by atoms with Crippen LogP contribution in [0, 0.1) is 5.82 Å². The molecule has 7 heteroatoms. The van der Waals surface area contributed by atoms with Gasteiger partial charge in [-0.1, -0.05) is 11.6 Å². The Balaban J connectivity index is 2.21. The number of methoxy groups -OCH3 is 1. The first kappa shape index (κ1) is 18.8. The first-order valence-electron chi connectivity index (χ1n) is 7.90. The fourth-order valence-corrected chi connectivity index (χ4v) is 3.00. The van der Waals surface area contributed by atoms with Crippen LogP contribution >= 0.6 is 11.6 Å². The molecule has 0 unspecified atom stereocenters. The van der Waals surface area contributed by atoms with E-state index in [1.54, 1.807) is 26.8 Å². The highest BCUT2D eigenvalue weighted by Crippen LogP contribution is 2.41. The van der Waals surface area contributed by atoms with E-state index in [0.29, 0.717) is 37.4 Å². The molecule has 1 aromatic carbocycles. The average molecular weight is 359 g/mol. The zero-order valence-corrected chi connectivity index (χ0v) is 15.2. The minimum absolute atomic E-state index is 0.0463. The molecular weight excluding hydrogens is 335 g/mol. The maximum Gasteiger partial charge on any atom is 0.410 e. The molecule has 0 atom stereocenters. The van der Waals surface area contributed by atoms with Crippen LogP contribution in [0.15, 0.2) is 6.07 Å². The molecule has 0 radical (unpaired) electrons. The zero-order chi connectivity index (χ0) is 18.1. The standard InChI is InChI=1S/C17H24ClFN2O3/c1-17(2,3)24-16(22)21-8-11(9-21)13-14(19)12(18)7-10(5-6-20)15(13)23-4/h7,11H,5-6,8-9,20H2,1-4H3. The normalized spacial score (nSPS) is 15.2. The Hall–Kier alpha value is -1.53. The van der Waals surface area contributed by atoms with Gasteiger partial charge in [-0.05, 0) is 45.4 Å². The number of ether oxygens (including phenoxy) is 2. The summed E-state index contributed by atoms with van der Waals surface area (Å²) in [6.45, 7) is 6.56. The van der Waals surface area contributed by atoms with Crippen molar-refractivity contribution in [2.75, 3.05) is 26.7 Å². The van der Waals surface area contributed by atoms with Crippen LogP contribution in [0.25, 0.3) is 0 Å². The Kier molecular flexibility index (Phi) is 5.60. The highest BCUT2D eigenvalue weighted by molar-refractivity contribution is 6.31. The van der Waals surface area contributed by atoms with Gasteiger partial charge in [0.05, 0.1) is 12.1 Å². The molecule has 1 fully saturated rings. The summed E-state index contributed by atoms with van der Waals surface area (Å²) in [4.78, 5) is 13.6. The number of carbonyl (C=O) groups is 1. The lowest BCUT2D eigenvalue weighted by atomic mass is 9.88. The highest BCUT2D eigenvalue weighted by atomic mass is 35.5. The molecule has 134 valence electrons. The lowest BCUT2D eigenvalue weighted by Gasteiger charge is -2.40. The van der Waals surface area contributed by atoms with Crippen molar-refractivity contribution < 1.29 is 18.7 Å². The van der Waals surface area contributed by atoms with Crippen LogP contribution in [0.2, 0.25) is 5.02 Å². The van der Waals surface area contributed by atoms with Crippen LogP contribution in [-0.4, -0.2) is 43.3 Å². The maximum absolute atomic E-state index is 14.6. The lowest BCUT2D eigenvalue weighted by molar-refractivity contribution is 0.00769. The van der Waals surface area contributed by atoms with Crippen molar-refractivity contribution >= 4 is 17.7 Å². The fraction of sp³-hybridized carbons (Fsp3) is 0.588. The number of nitrogens with zero attached hydrogens (tertiary/aromatic N) is 1. The van der Waals surface area contributed by atoms with Crippen LogP contribution in [-0.2, 0) is 11.2 Å². The molecule has 2 N–H and O–H groups in total. The maximum atomic E-state index is 14.6. The van der Waals surface area contributed by atoms with Gasteiger partial charge in [-0.25, -0.2) is 9.18 Å². The van der Waals surface area contributed by atoms with Crippen LogP contribution < -0.4 is 10.5 Å². The number of halogens is 2. The van der Waals surface area contributed by atoms with Crippen LogP contribution in [0.4, 0.5) is 9.18 Å². The largest absolute Gasteiger partial charge is 0.496 e. The van der Waals surface area contributed by atoms with Crippen LogP contribution in [0.1, 0.15) is 37.8 Å². The lowest BCUT2D eigenvalue weighted by Crippen LogP contribution is -2.50. The van der Waals surface area contributed by atoms with Crippen molar-refractivity contribution in [3.63, 3.8) is 0 Å². The number of benzene rings is 1. The van der Waals surface area contributed by atoms with E-state index < -0.39 is 17.5 Å². The van der Waals surface area contributed by atoms with Crippen molar-refractivity contribution in [2.24, 2.45) is 5.73 Å². The molecule has 1 saturated heterocycles. The molecule has 1 aliphatic rings. The van der Waals surface area contributed by atoms with Crippen molar-refractivity contribution in [3.05, 3.63) is 28.0 Å². The van der Waals surface area contributed by atoms with Gasteiger partial charge in [0.15, 0.2) is 0 Å². The van der Waals surface area contributed by atoms with Gasteiger partial charge in [-0.2, -0.15) is 0 Å². The van der Waals surface area contributed by atoms with Gasteiger partial charge in [0.2, 0.25) is 0 Å². The van der Waals surface area contributed by atoms with E-state index >= 15 is 0 Å². The third-order valence-corrected chi connectivity index (χ3v) is 4.12. The number of likely N-dealkylation sites (tertiary alicyclic amines) is 1. The summed E-state index contributed by atoms with van der Waals surface area (Å²) in [6.07, 6.45) is 0.140. The van der Waals surface area contributed by atoms with Crippen molar-refractivity contribution in [3.8, 4) is 5.75 Å². The summed E-state index contributed by atoms with van der Waals surface area (Å²) in [7, 11) is 1.50. The zero-order valence-electron chi connectivity index (χ0n) is 14.5. The number of hydrogen-bond donors (Lipinski definition) is 1. The minimum Gasteiger partial charge on any atom is -0.496 e. The number of nitrogens with two attached hydrogens (primary N) is 1. The fourth-order valence-electron chi connectivity index (χ4n) is 2.77. The van der Waals surface area contributed by atoms with E-state index in [-0.39, 0.29) is 10.9 Å². The van der Waals surface area contributed by atoms with Crippen LogP contribution in [0.3, 0.4) is 0 Å². The molecule has 1 heterocycles. The topological polar surface area (TPSA) is 64.8 Å². The van der Waals surface area contributed by atoms with Gasteiger partial charge >= 0.3 is 6.09 Å². The van der Waals surface area contributed by atoms with E-state index in [1.807, 2.05) is 0 Å². The predicted molar refractivity (Wildman–Crippen MR) is 91.3 cm³/mol. The second-order valence-corrected chi connectivity index (χ2v) is 7.31. The average Bonchev–Trinajstić information content (AvgIpc) is 2.40. The number of rotatable bonds is 4. The summed E-state index contributed by atoms with van der Waals surface area (Å²) in [5, 5.41) is 0.0463. The van der Waals surface area contributed by atoms with E-state index in [9.17, 15) is 9.18 Å². The van der Waals surface area contributed by atoms with Gasteiger partial charge in [0.1, 0.15) is 17.2 Å². The molecule has 0 aliphatic carbocycles. The van der Waals surface area contributed by atoms with Crippen LogP contribution in [0.5, 0.6) is 5.75 Å². The Morgan fingerprint density at radius 1 is 1.46 bits per heavy atom. The molecular formula is C17H24ClFN2O3. The summed E-state index contributed by atoms with van der Waals surface area (Å²) < 4.78 is 25.3. The van der Waals surface area contributed by atoms with Gasteiger partial charge in [-0.15, -0.1) is 0 Å². The number of amides is 1. The van der Waals surface area contributed by atoms with Gasteiger partial charge < -0.3 is 20.1 Å². The van der Waals surface area contributed by atoms with E-state index in [1.165, 1.54) is 12.0 Å². The van der Waals surface area contributed by atoms with E-state index in [0.717, 1.165) is 5.56 Å². The van der Waals surface area contributed by atoms with Gasteiger partial charge in [0.25, 0.3) is 0 Å². The molecule has 0 spiro atoms. The third-order valence-electron chi connectivity index (χ3n) is 3.84. The molecule has 1 aromatic rings. The molecule has 1 amide bonds. The quantitative estimate of drug-likeness (QED) is 0.896. The monoisotopic (exact) mass is 358 g/mol. The summed E-state index contributed by atoms with van der Waals surface area (Å²) >= 11 is 6.02. The van der Waals surface area contributed by atoms with Gasteiger partial charge in [-0.3, -0.25) is 0 Å². The Bertz CT molecular complexity index is 625. The van der Waals surface area contributed by atoms with Crippen molar-refractivity contribution in [1.29, 1.82) is 0 Å². The second-order valence-electron chi connectivity index (χ2n) is 6.90. The Labute approximate surface area is 146 Å². The third kappa shape index (κ3) is 3.92. The molecule has 0 saturated carbocycles. The van der Waals surface area contributed by atoms with Gasteiger partial charge in [0, 0.05) is 24.6 Å². The van der Waals surface area contributed by atoms with E-state index in [2.05, 4.69) is 0 Å². The minimum atomic E-state index is -0.560. The van der Waals surface area contributed by atoms with Crippen molar-refractivity contribution in [2.45, 2.75) is 38.7 Å². The molecule has 1 aliphatic heterocycles. The highest BCUT2D eigenvalue weighted by Gasteiger charge is 2.38. The first-order valence-corrected chi connectivity index (χ1v) is 8.28. The summed E-state index contributed by atoms with van der Waals surface area (Å²) in [5.41, 5.74) is 6.23. The number of hydrogen-bond acceptors (Lipinski definition) is 4. The molecule has 0 aromatic heterocycles. The molecule has 2 rings (SSSR count). The summed E-state index contributed by atoms with van der Waals surface area (Å²) in [5.74, 6) is -0.206. The molecule has 24 heavy (non-hydrogen) atoms.